The highest BCUT2D eigenvalue weighted by Gasteiger charge is 2.45. The van der Waals surface area contributed by atoms with Crippen LogP contribution in [-0.4, -0.2) is 22.5 Å². The average molecular weight is 303 g/mol. The Morgan fingerprint density at radius 2 is 1.48 bits per heavy atom. The van der Waals surface area contributed by atoms with Gasteiger partial charge in [-0.1, -0.05) is 0 Å². The topological polar surface area (TPSA) is 66.4 Å². The van der Waals surface area contributed by atoms with Crippen molar-refractivity contribution in [2.45, 2.75) is 33.2 Å². The number of rotatable bonds is 4. The van der Waals surface area contributed by atoms with Crippen molar-refractivity contribution in [3.8, 4) is 0 Å². The Balaban J connectivity index is 3.15. The van der Waals surface area contributed by atoms with Gasteiger partial charge >= 0.3 is 5.97 Å². The van der Waals surface area contributed by atoms with Crippen LogP contribution in [0.25, 0.3) is 0 Å². The summed E-state index contributed by atoms with van der Waals surface area (Å²) in [4.78, 5) is 23.2. The molecular formula is C14H16F3NO3. The van der Waals surface area contributed by atoms with E-state index < -0.39 is 45.8 Å². The number of carbonyl (C=O) groups excluding carboxylic acids is 1. The summed E-state index contributed by atoms with van der Waals surface area (Å²) in [6.07, 6.45) is 0. The van der Waals surface area contributed by atoms with E-state index in [-0.39, 0.29) is 0 Å². The summed E-state index contributed by atoms with van der Waals surface area (Å²) in [5.74, 6) is -6.19. The van der Waals surface area contributed by atoms with Gasteiger partial charge in [0.15, 0.2) is 0 Å². The predicted octanol–water partition coefficient (Wildman–Crippen LogP) is 2.72. The Kier molecular flexibility index (Phi) is 4.36. The van der Waals surface area contributed by atoms with Gasteiger partial charge in [0.25, 0.3) is 5.91 Å². The number of benzene rings is 1. The molecule has 4 nitrogen and oxygen atoms in total. The van der Waals surface area contributed by atoms with Gasteiger partial charge < -0.3 is 10.4 Å². The van der Waals surface area contributed by atoms with Crippen molar-refractivity contribution in [3.63, 3.8) is 0 Å². The highest BCUT2D eigenvalue weighted by molar-refractivity contribution is 5.95. The molecule has 0 saturated carbocycles. The Morgan fingerprint density at radius 3 is 1.86 bits per heavy atom. The third kappa shape index (κ3) is 3.17. The molecule has 0 atom stereocenters. The molecule has 0 bridgehead atoms. The van der Waals surface area contributed by atoms with Crippen LogP contribution in [0.1, 0.15) is 38.1 Å². The first-order valence-corrected chi connectivity index (χ1v) is 6.10. The van der Waals surface area contributed by atoms with Gasteiger partial charge in [-0.05, 0) is 27.7 Å². The van der Waals surface area contributed by atoms with Gasteiger partial charge in [-0.2, -0.15) is 0 Å². The van der Waals surface area contributed by atoms with Gasteiger partial charge in [-0.25, -0.2) is 13.2 Å². The van der Waals surface area contributed by atoms with Gasteiger partial charge in [0, 0.05) is 12.1 Å². The Morgan fingerprint density at radius 1 is 1.05 bits per heavy atom. The molecule has 0 heterocycles. The van der Waals surface area contributed by atoms with Crippen LogP contribution in [0, 0.1) is 22.9 Å². The number of hydrogen-bond acceptors (Lipinski definition) is 2. The molecule has 1 aromatic carbocycles. The van der Waals surface area contributed by atoms with Gasteiger partial charge in [-0.3, -0.25) is 9.59 Å². The first kappa shape index (κ1) is 17.0. The summed E-state index contributed by atoms with van der Waals surface area (Å²) in [5.41, 5.74) is -3.65. The van der Waals surface area contributed by atoms with Crippen LogP contribution >= 0.6 is 0 Å². The van der Waals surface area contributed by atoms with E-state index in [2.05, 4.69) is 5.32 Å². The molecule has 0 aliphatic rings. The third-order valence-electron chi connectivity index (χ3n) is 3.76. The van der Waals surface area contributed by atoms with Crippen molar-refractivity contribution >= 4 is 11.9 Å². The molecule has 0 spiro atoms. The second-order valence-corrected chi connectivity index (χ2v) is 5.75. The molecule has 0 fully saturated rings. The molecule has 0 radical (unpaired) electrons. The fraction of sp³-hybridized carbons (Fsp3) is 0.429. The largest absolute Gasteiger partial charge is 0.481 e. The van der Waals surface area contributed by atoms with Crippen LogP contribution in [0.15, 0.2) is 12.1 Å². The zero-order valence-electron chi connectivity index (χ0n) is 12.1. The number of carboxylic acid groups (broad SMARTS) is 1. The molecule has 0 aliphatic heterocycles. The zero-order valence-corrected chi connectivity index (χ0v) is 12.1. The quantitative estimate of drug-likeness (QED) is 0.899. The molecule has 21 heavy (non-hydrogen) atoms. The van der Waals surface area contributed by atoms with Crippen molar-refractivity contribution in [1.82, 2.24) is 5.32 Å². The van der Waals surface area contributed by atoms with E-state index in [9.17, 15) is 22.8 Å². The van der Waals surface area contributed by atoms with Crippen LogP contribution in [0.4, 0.5) is 13.2 Å². The van der Waals surface area contributed by atoms with Crippen molar-refractivity contribution in [2.75, 3.05) is 0 Å². The van der Waals surface area contributed by atoms with Crippen LogP contribution in [0.3, 0.4) is 0 Å². The standard InChI is InChI=1S/C14H16F3NO3/c1-13(2,12(20)21)14(3,4)18-11(19)10-8(16)5-7(15)6-9(10)17/h5-6H,1-4H3,(H,18,19)(H,20,21). The molecule has 116 valence electrons. The van der Waals surface area contributed by atoms with E-state index >= 15 is 0 Å². The molecule has 0 unspecified atom stereocenters. The van der Waals surface area contributed by atoms with Gasteiger partial charge in [0.05, 0.1) is 11.0 Å². The molecule has 7 heteroatoms. The summed E-state index contributed by atoms with van der Waals surface area (Å²) in [7, 11) is 0. The van der Waals surface area contributed by atoms with Crippen molar-refractivity contribution in [2.24, 2.45) is 5.41 Å². The Labute approximate surface area is 120 Å². The summed E-state index contributed by atoms with van der Waals surface area (Å²) in [5, 5.41) is 11.4. The fourth-order valence-electron chi connectivity index (χ4n) is 1.53. The smallest absolute Gasteiger partial charge is 0.311 e. The minimum Gasteiger partial charge on any atom is -0.481 e. The number of aliphatic carboxylic acids is 1. The first-order valence-electron chi connectivity index (χ1n) is 6.10. The van der Waals surface area contributed by atoms with Crippen LogP contribution < -0.4 is 5.32 Å². The van der Waals surface area contributed by atoms with Crippen LogP contribution in [-0.2, 0) is 4.79 Å². The van der Waals surface area contributed by atoms with Gasteiger partial charge in [0.2, 0.25) is 0 Å². The van der Waals surface area contributed by atoms with E-state index in [0.717, 1.165) is 0 Å². The maximum Gasteiger partial charge on any atom is 0.311 e. The summed E-state index contributed by atoms with van der Waals surface area (Å²) < 4.78 is 39.9. The van der Waals surface area contributed by atoms with E-state index in [0.29, 0.717) is 12.1 Å². The predicted molar refractivity (Wildman–Crippen MR) is 69.3 cm³/mol. The van der Waals surface area contributed by atoms with Gasteiger partial charge in [-0.15, -0.1) is 0 Å². The molecule has 1 aromatic rings. The highest BCUT2D eigenvalue weighted by Crippen LogP contribution is 2.31. The number of carboxylic acids is 1. The molecule has 1 amide bonds. The maximum absolute atomic E-state index is 13.5. The summed E-state index contributed by atoms with van der Waals surface area (Å²) >= 11 is 0. The monoisotopic (exact) mass is 303 g/mol. The lowest BCUT2D eigenvalue weighted by Gasteiger charge is -2.38. The van der Waals surface area contributed by atoms with E-state index in [4.69, 9.17) is 5.11 Å². The lowest BCUT2D eigenvalue weighted by molar-refractivity contribution is -0.150. The number of hydrogen-bond donors (Lipinski definition) is 2. The molecule has 0 saturated heterocycles. The third-order valence-corrected chi connectivity index (χ3v) is 3.76. The number of nitrogens with one attached hydrogen (secondary N) is 1. The Bertz CT molecular complexity index is 574. The van der Waals surface area contributed by atoms with Crippen LogP contribution in [0.2, 0.25) is 0 Å². The minimum absolute atomic E-state index is 0.382. The maximum atomic E-state index is 13.5. The molecule has 2 N–H and O–H groups in total. The van der Waals surface area contributed by atoms with E-state index in [1.165, 1.54) is 27.7 Å². The number of amides is 1. The molecule has 0 aromatic heterocycles. The normalized spacial score (nSPS) is 12.1. The molecular weight excluding hydrogens is 287 g/mol. The lowest BCUT2D eigenvalue weighted by Crippen LogP contribution is -2.57. The second kappa shape index (κ2) is 5.38. The Hall–Kier alpha value is -2.05. The summed E-state index contributed by atoms with van der Waals surface area (Å²) in [6, 6.07) is 0.765. The minimum atomic E-state index is -1.39. The van der Waals surface area contributed by atoms with Gasteiger partial charge in [0.1, 0.15) is 23.0 Å². The van der Waals surface area contributed by atoms with Crippen molar-refractivity contribution in [1.29, 1.82) is 0 Å². The zero-order chi connectivity index (χ0) is 16.6. The first-order chi connectivity index (χ1) is 9.40. The number of carbonyl (C=O) groups is 2. The molecule has 0 aliphatic carbocycles. The van der Waals surface area contributed by atoms with E-state index in [1.54, 1.807) is 0 Å². The summed E-state index contributed by atoms with van der Waals surface area (Å²) in [6.45, 7) is 5.57. The molecule has 1 rings (SSSR count). The fourth-order valence-corrected chi connectivity index (χ4v) is 1.53. The highest BCUT2D eigenvalue weighted by atomic mass is 19.1. The van der Waals surface area contributed by atoms with Crippen LogP contribution in [0.5, 0.6) is 0 Å². The average Bonchev–Trinajstić information content (AvgIpc) is 2.25. The SMILES string of the molecule is CC(C)(NC(=O)c1c(F)cc(F)cc1F)C(C)(C)C(=O)O. The number of halogens is 3. The second-order valence-electron chi connectivity index (χ2n) is 5.75. The van der Waals surface area contributed by atoms with Crippen molar-refractivity contribution < 1.29 is 27.9 Å². The lowest BCUT2D eigenvalue weighted by atomic mass is 9.74. The van der Waals surface area contributed by atoms with E-state index in [1.807, 2.05) is 0 Å². The van der Waals surface area contributed by atoms with Crippen molar-refractivity contribution in [3.05, 3.63) is 35.1 Å².